The van der Waals surface area contributed by atoms with Crippen LogP contribution in [0.4, 0.5) is 4.39 Å². The number of carbonyl (C=O) groups is 2. The van der Waals surface area contributed by atoms with Gasteiger partial charge in [-0.1, -0.05) is 18.2 Å². The molecule has 1 unspecified atom stereocenters. The number of aromatic nitrogens is 1. The van der Waals surface area contributed by atoms with E-state index in [9.17, 15) is 14.0 Å². The SMILES string of the molecule is CC(Cc1cccnc1)NC(=O)CCNC(=O)c1ccccc1F. The second kappa shape index (κ2) is 8.76. The van der Waals surface area contributed by atoms with E-state index in [2.05, 4.69) is 15.6 Å². The summed E-state index contributed by atoms with van der Waals surface area (Å²) in [5.41, 5.74) is 1.01. The molecule has 0 saturated heterocycles. The molecule has 0 aliphatic carbocycles. The van der Waals surface area contributed by atoms with Crippen molar-refractivity contribution in [3.8, 4) is 0 Å². The highest BCUT2D eigenvalue weighted by Crippen LogP contribution is 2.05. The van der Waals surface area contributed by atoms with Crippen molar-refractivity contribution in [2.45, 2.75) is 25.8 Å². The van der Waals surface area contributed by atoms with Crippen molar-refractivity contribution in [1.29, 1.82) is 0 Å². The Kier molecular flexibility index (Phi) is 6.42. The molecule has 0 aliphatic rings. The number of benzene rings is 1. The summed E-state index contributed by atoms with van der Waals surface area (Å²) in [4.78, 5) is 27.7. The minimum Gasteiger partial charge on any atom is -0.353 e. The van der Waals surface area contributed by atoms with Gasteiger partial charge in [0.05, 0.1) is 5.56 Å². The van der Waals surface area contributed by atoms with Gasteiger partial charge in [0.1, 0.15) is 5.82 Å². The standard InChI is InChI=1S/C18H20FN3O2/c1-13(11-14-5-4-9-20-12-14)22-17(23)8-10-21-18(24)15-6-2-3-7-16(15)19/h2-7,9,12-13H,8,10-11H2,1H3,(H,21,24)(H,22,23). The van der Waals surface area contributed by atoms with Gasteiger partial charge in [0.2, 0.25) is 5.91 Å². The van der Waals surface area contributed by atoms with E-state index in [1.807, 2.05) is 19.1 Å². The van der Waals surface area contributed by atoms with Gasteiger partial charge in [0.15, 0.2) is 0 Å². The van der Waals surface area contributed by atoms with E-state index in [4.69, 9.17) is 0 Å². The monoisotopic (exact) mass is 329 g/mol. The highest BCUT2D eigenvalue weighted by Gasteiger charge is 2.12. The molecular formula is C18H20FN3O2. The van der Waals surface area contributed by atoms with Gasteiger partial charge in [-0.3, -0.25) is 14.6 Å². The van der Waals surface area contributed by atoms with Crippen molar-refractivity contribution in [3.63, 3.8) is 0 Å². The van der Waals surface area contributed by atoms with Gasteiger partial charge in [0.25, 0.3) is 5.91 Å². The number of rotatable bonds is 7. The number of hydrogen-bond donors (Lipinski definition) is 2. The number of pyridine rings is 1. The van der Waals surface area contributed by atoms with E-state index in [1.54, 1.807) is 18.5 Å². The first-order chi connectivity index (χ1) is 11.6. The molecule has 5 nitrogen and oxygen atoms in total. The van der Waals surface area contributed by atoms with Crippen LogP contribution >= 0.6 is 0 Å². The summed E-state index contributed by atoms with van der Waals surface area (Å²) in [6, 6.07) is 9.49. The third-order valence-corrected chi connectivity index (χ3v) is 3.43. The maximum absolute atomic E-state index is 13.5. The minimum atomic E-state index is -0.579. The average molecular weight is 329 g/mol. The molecule has 6 heteroatoms. The Morgan fingerprint density at radius 2 is 2.00 bits per heavy atom. The van der Waals surface area contributed by atoms with Crippen LogP contribution in [0, 0.1) is 5.82 Å². The van der Waals surface area contributed by atoms with Crippen LogP contribution in [0.1, 0.15) is 29.3 Å². The van der Waals surface area contributed by atoms with Gasteiger partial charge >= 0.3 is 0 Å². The van der Waals surface area contributed by atoms with Gasteiger partial charge < -0.3 is 10.6 Å². The highest BCUT2D eigenvalue weighted by atomic mass is 19.1. The molecule has 2 N–H and O–H groups in total. The van der Waals surface area contributed by atoms with Crippen molar-refractivity contribution in [1.82, 2.24) is 15.6 Å². The van der Waals surface area contributed by atoms with E-state index in [1.165, 1.54) is 18.2 Å². The van der Waals surface area contributed by atoms with Gasteiger partial charge in [-0.05, 0) is 37.1 Å². The Balaban J connectivity index is 1.71. The molecule has 2 rings (SSSR count). The zero-order valence-electron chi connectivity index (χ0n) is 13.5. The summed E-state index contributed by atoms with van der Waals surface area (Å²) >= 11 is 0. The molecule has 2 aromatic rings. The molecule has 0 fully saturated rings. The summed E-state index contributed by atoms with van der Waals surface area (Å²) in [7, 11) is 0. The van der Waals surface area contributed by atoms with Crippen LogP contribution in [0.15, 0.2) is 48.8 Å². The molecule has 0 saturated carbocycles. The Bertz CT molecular complexity index is 692. The fourth-order valence-corrected chi connectivity index (χ4v) is 2.30. The lowest BCUT2D eigenvalue weighted by Gasteiger charge is -2.14. The van der Waals surface area contributed by atoms with Crippen LogP contribution in [-0.4, -0.2) is 29.4 Å². The molecule has 2 amide bonds. The summed E-state index contributed by atoms with van der Waals surface area (Å²) in [5, 5.41) is 5.41. The van der Waals surface area contributed by atoms with Crippen LogP contribution in [0.25, 0.3) is 0 Å². The lowest BCUT2D eigenvalue weighted by atomic mass is 10.1. The normalized spacial score (nSPS) is 11.6. The maximum atomic E-state index is 13.5. The zero-order valence-corrected chi connectivity index (χ0v) is 13.5. The van der Waals surface area contributed by atoms with Crippen molar-refractivity contribution in [2.75, 3.05) is 6.54 Å². The van der Waals surface area contributed by atoms with E-state index in [0.29, 0.717) is 6.42 Å². The lowest BCUT2D eigenvalue weighted by molar-refractivity contribution is -0.121. The molecule has 1 atom stereocenters. The predicted molar refractivity (Wildman–Crippen MR) is 88.9 cm³/mol. The van der Waals surface area contributed by atoms with Crippen molar-refractivity contribution < 1.29 is 14.0 Å². The van der Waals surface area contributed by atoms with E-state index >= 15 is 0 Å². The predicted octanol–water partition coefficient (Wildman–Crippen LogP) is 2.09. The van der Waals surface area contributed by atoms with Crippen molar-refractivity contribution in [2.24, 2.45) is 0 Å². The molecule has 1 aromatic heterocycles. The Hall–Kier alpha value is -2.76. The molecule has 0 bridgehead atoms. The Morgan fingerprint density at radius 3 is 2.71 bits per heavy atom. The third kappa shape index (κ3) is 5.46. The molecule has 1 heterocycles. The fourth-order valence-electron chi connectivity index (χ4n) is 2.30. The molecule has 1 aromatic carbocycles. The van der Waals surface area contributed by atoms with Gasteiger partial charge in [-0.25, -0.2) is 4.39 Å². The number of carbonyl (C=O) groups excluding carboxylic acids is 2. The first kappa shape index (κ1) is 17.6. The summed E-state index contributed by atoms with van der Waals surface area (Å²) in [6.07, 6.45) is 4.28. The van der Waals surface area contributed by atoms with Crippen molar-refractivity contribution in [3.05, 3.63) is 65.7 Å². The van der Waals surface area contributed by atoms with Gasteiger partial charge in [-0.2, -0.15) is 0 Å². The summed E-state index contributed by atoms with van der Waals surface area (Å²) < 4.78 is 13.5. The number of hydrogen-bond acceptors (Lipinski definition) is 3. The first-order valence-electron chi connectivity index (χ1n) is 7.77. The molecule has 126 valence electrons. The summed E-state index contributed by atoms with van der Waals surface area (Å²) in [6.45, 7) is 2.06. The van der Waals surface area contributed by atoms with Crippen LogP contribution in [0.2, 0.25) is 0 Å². The highest BCUT2D eigenvalue weighted by molar-refractivity contribution is 5.94. The Labute approximate surface area is 140 Å². The first-order valence-corrected chi connectivity index (χ1v) is 7.77. The van der Waals surface area contributed by atoms with Gasteiger partial charge in [-0.15, -0.1) is 0 Å². The number of halogens is 1. The quantitative estimate of drug-likeness (QED) is 0.817. The third-order valence-electron chi connectivity index (χ3n) is 3.43. The topological polar surface area (TPSA) is 71.1 Å². The maximum Gasteiger partial charge on any atom is 0.254 e. The van der Waals surface area contributed by atoms with E-state index in [-0.39, 0.29) is 30.5 Å². The van der Waals surface area contributed by atoms with E-state index in [0.717, 1.165) is 5.56 Å². The molecule has 0 aliphatic heterocycles. The largest absolute Gasteiger partial charge is 0.353 e. The Morgan fingerprint density at radius 1 is 1.21 bits per heavy atom. The minimum absolute atomic E-state index is 0.0251. The van der Waals surface area contributed by atoms with E-state index < -0.39 is 11.7 Å². The molecule has 0 radical (unpaired) electrons. The van der Waals surface area contributed by atoms with Crippen molar-refractivity contribution >= 4 is 11.8 Å². The average Bonchev–Trinajstić information content (AvgIpc) is 2.55. The molecule has 0 spiro atoms. The van der Waals surface area contributed by atoms with Crippen LogP contribution in [-0.2, 0) is 11.2 Å². The summed E-state index contributed by atoms with van der Waals surface area (Å²) in [5.74, 6) is -1.27. The number of nitrogens with one attached hydrogen (secondary N) is 2. The fraction of sp³-hybridized carbons (Fsp3) is 0.278. The molecular weight excluding hydrogens is 309 g/mol. The van der Waals surface area contributed by atoms with Crippen LogP contribution in [0.3, 0.4) is 0 Å². The van der Waals surface area contributed by atoms with Gasteiger partial charge in [0, 0.05) is 31.4 Å². The second-order valence-electron chi connectivity index (χ2n) is 5.52. The van der Waals surface area contributed by atoms with Crippen LogP contribution in [0.5, 0.6) is 0 Å². The molecule has 24 heavy (non-hydrogen) atoms. The lowest BCUT2D eigenvalue weighted by Crippen LogP contribution is -2.36. The zero-order chi connectivity index (χ0) is 17.4. The number of nitrogens with zero attached hydrogens (tertiary/aromatic N) is 1. The second-order valence-corrected chi connectivity index (χ2v) is 5.52. The number of amides is 2. The van der Waals surface area contributed by atoms with Crippen LogP contribution < -0.4 is 10.6 Å². The smallest absolute Gasteiger partial charge is 0.254 e.